The molecular formula is C9H8O2S2. The Kier molecular flexibility index (Phi) is 3.45. The first kappa shape index (κ1) is 10.2. The van der Waals surface area contributed by atoms with E-state index >= 15 is 0 Å². The molecule has 2 nitrogen and oxygen atoms in total. The van der Waals surface area contributed by atoms with Crippen LogP contribution in [-0.2, 0) is 4.79 Å². The van der Waals surface area contributed by atoms with Gasteiger partial charge < -0.3 is 5.11 Å². The van der Waals surface area contributed by atoms with Crippen molar-refractivity contribution in [2.24, 2.45) is 0 Å². The molecule has 0 amide bonds. The van der Waals surface area contributed by atoms with Gasteiger partial charge in [0.15, 0.2) is 0 Å². The Hall–Kier alpha value is -0.870. The smallest absolute Gasteiger partial charge is 0.328 e. The number of thiol groups is 2. The quantitative estimate of drug-likeness (QED) is 0.520. The number of aliphatic carboxylic acids is 1. The highest BCUT2D eigenvalue weighted by molar-refractivity contribution is 7.81. The van der Waals surface area contributed by atoms with Crippen LogP contribution < -0.4 is 0 Å². The number of hydrogen-bond donors (Lipinski definition) is 3. The summed E-state index contributed by atoms with van der Waals surface area (Å²) < 4.78 is 0. The van der Waals surface area contributed by atoms with Gasteiger partial charge in [-0.15, -0.1) is 25.3 Å². The van der Waals surface area contributed by atoms with Crippen LogP contribution in [0.2, 0.25) is 0 Å². The summed E-state index contributed by atoms with van der Waals surface area (Å²) in [4.78, 5) is 11.7. The van der Waals surface area contributed by atoms with Gasteiger partial charge in [0.1, 0.15) is 0 Å². The van der Waals surface area contributed by atoms with Crippen molar-refractivity contribution >= 4 is 37.3 Å². The van der Waals surface area contributed by atoms with Crippen LogP contribution in [0.15, 0.2) is 34.1 Å². The molecular weight excluding hydrogens is 204 g/mol. The molecule has 0 fully saturated rings. The van der Waals surface area contributed by atoms with Crippen LogP contribution in [0.5, 0.6) is 0 Å². The van der Waals surface area contributed by atoms with Crippen molar-refractivity contribution in [3.05, 3.63) is 29.8 Å². The van der Waals surface area contributed by atoms with Crippen molar-refractivity contribution < 1.29 is 9.90 Å². The zero-order valence-corrected chi connectivity index (χ0v) is 8.43. The zero-order valence-electron chi connectivity index (χ0n) is 6.64. The fourth-order valence-electron chi connectivity index (χ4n) is 0.834. The van der Waals surface area contributed by atoms with Crippen LogP contribution in [0.1, 0.15) is 5.56 Å². The fourth-order valence-corrected chi connectivity index (χ4v) is 1.43. The second-order valence-corrected chi connectivity index (χ2v) is 3.41. The lowest BCUT2D eigenvalue weighted by Gasteiger charge is -1.99. The Balaban J connectivity index is 2.96. The maximum atomic E-state index is 10.2. The van der Waals surface area contributed by atoms with Crippen molar-refractivity contribution in [1.29, 1.82) is 0 Å². The van der Waals surface area contributed by atoms with E-state index in [-0.39, 0.29) is 0 Å². The second-order valence-electron chi connectivity index (χ2n) is 2.41. The highest BCUT2D eigenvalue weighted by atomic mass is 32.1. The van der Waals surface area contributed by atoms with Crippen LogP contribution in [0.25, 0.3) is 6.08 Å². The molecule has 0 unspecified atom stereocenters. The Morgan fingerprint density at radius 1 is 1.38 bits per heavy atom. The average molecular weight is 212 g/mol. The molecule has 0 aromatic heterocycles. The molecule has 0 aliphatic carbocycles. The highest BCUT2D eigenvalue weighted by Crippen LogP contribution is 2.19. The zero-order chi connectivity index (χ0) is 9.84. The molecule has 0 atom stereocenters. The largest absolute Gasteiger partial charge is 0.478 e. The molecule has 1 aromatic rings. The van der Waals surface area contributed by atoms with E-state index in [1.807, 2.05) is 0 Å². The number of benzene rings is 1. The van der Waals surface area contributed by atoms with Gasteiger partial charge in [-0.25, -0.2) is 4.79 Å². The predicted octanol–water partition coefficient (Wildman–Crippen LogP) is 2.36. The summed E-state index contributed by atoms with van der Waals surface area (Å²) in [7, 11) is 0. The third kappa shape index (κ3) is 3.16. The third-order valence-corrected chi connectivity index (χ3v) is 2.08. The molecule has 0 bridgehead atoms. The lowest BCUT2D eigenvalue weighted by Crippen LogP contribution is -1.86. The Morgan fingerprint density at radius 3 is 2.62 bits per heavy atom. The monoisotopic (exact) mass is 212 g/mol. The van der Waals surface area contributed by atoms with Crippen molar-refractivity contribution in [1.82, 2.24) is 0 Å². The summed E-state index contributed by atoms with van der Waals surface area (Å²) >= 11 is 8.30. The number of carbonyl (C=O) groups is 1. The lowest BCUT2D eigenvalue weighted by molar-refractivity contribution is -0.131. The number of rotatable bonds is 2. The van der Waals surface area contributed by atoms with E-state index in [4.69, 9.17) is 5.11 Å². The summed E-state index contributed by atoms with van der Waals surface area (Å²) in [6, 6.07) is 5.31. The van der Waals surface area contributed by atoms with E-state index in [9.17, 15) is 4.79 Å². The van der Waals surface area contributed by atoms with E-state index < -0.39 is 5.97 Å². The minimum atomic E-state index is -0.970. The topological polar surface area (TPSA) is 37.3 Å². The summed E-state index contributed by atoms with van der Waals surface area (Å²) in [6.07, 6.45) is 2.57. The highest BCUT2D eigenvalue weighted by Gasteiger charge is 1.95. The van der Waals surface area contributed by atoms with E-state index in [1.54, 1.807) is 18.2 Å². The van der Waals surface area contributed by atoms with Gasteiger partial charge in [0, 0.05) is 15.9 Å². The van der Waals surface area contributed by atoms with Gasteiger partial charge in [0.25, 0.3) is 0 Å². The van der Waals surface area contributed by atoms with Crippen LogP contribution in [0, 0.1) is 0 Å². The van der Waals surface area contributed by atoms with Gasteiger partial charge in [-0.05, 0) is 23.8 Å². The summed E-state index contributed by atoms with van der Waals surface area (Å²) in [5.41, 5.74) is 0.767. The SMILES string of the molecule is O=C(O)/C=C/c1ccc(S)cc1S. The van der Waals surface area contributed by atoms with Crippen LogP contribution in [0.3, 0.4) is 0 Å². The van der Waals surface area contributed by atoms with E-state index in [0.29, 0.717) is 4.90 Å². The van der Waals surface area contributed by atoms with Crippen molar-refractivity contribution in [2.75, 3.05) is 0 Å². The maximum absolute atomic E-state index is 10.2. The Bertz CT molecular complexity index is 359. The van der Waals surface area contributed by atoms with Gasteiger partial charge >= 0.3 is 5.97 Å². The first-order chi connectivity index (χ1) is 6.09. The molecule has 0 saturated heterocycles. The second kappa shape index (κ2) is 4.39. The standard InChI is InChI=1S/C9H8O2S2/c10-9(11)4-2-6-1-3-7(12)5-8(6)13/h1-5,12-13H,(H,10,11)/b4-2+. The first-order valence-electron chi connectivity index (χ1n) is 3.52. The molecule has 0 saturated carbocycles. The van der Waals surface area contributed by atoms with Crippen LogP contribution in [-0.4, -0.2) is 11.1 Å². The normalized spacial score (nSPS) is 10.6. The summed E-state index contributed by atoms with van der Waals surface area (Å²) in [6.45, 7) is 0. The van der Waals surface area contributed by atoms with Gasteiger partial charge in [0.2, 0.25) is 0 Å². The summed E-state index contributed by atoms with van der Waals surface area (Å²) in [5.74, 6) is -0.970. The first-order valence-corrected chi connectivity index (χ1v) is 4.42. The molecule has 1 N–H and O–H groups in total. The average Bonchev–Trinajstić information content (AvgIpc) is 2.02. The molecule has 4 heteroatoms. The van der Waals surface area contributed by atoms with E-state index in [2.05, 4.69) is 25.3 Å². The molecule has 68 valence electrons. The molecule has 0 heterocycles. The maximum Gasteiger partial charge on any atom is 0.328 e. The Labute approximate surface area is 87.1 Å². The van der Waals surface area contributed by atoms with Gasteiger partial charge in [0.05, 0.1) is 0 Å². The van der Waals surface area contributed by atoms with Crippen LogP contribution >= 0.6 is 25.3 Å². The van der Waals surface area contributed by atoms with Gasteiger partial charge in [-0.3, -0.25) is 0 Å². The number of hydrogen-bond acceptors (Lipinski definition) is 3. The van der Waals surface area contributed by atoms with Crippen LogP contribution in [0.4, 0.5) is 0 Å². The molecule has 0 aliphatic rings. The molecule has 0 spiro atoms. The van der Waals surface area contributed by atoms with Crippen molar-refractivity contribution in [2.45, 2.75) is 9.79 Å². The minimum absolute atomic E-state index is 0.713. The van der Waals surface area contributed by atoms with Crippen molar-refractivity contribution in [3.63, 3.8) is 0 Å². The molecule has 1 rings (SSSR count). The predicted molar refractivity (Wildman–Crippen MR) is 57.6 cm³/mol. The number of carboxylic acids is 1. The van der Waals surface area contributed by atoms with E-state index in [0.717, 1.165) is 16.5 Å². The third-order valence-electron chi connectivity index (χ3n) is 1.42. The molecule has 0 aliphatic heterocycles. The lowest BCUT2D eigenvalue weighted by atomic mass is 10.2. The Morgan fingerprint density at radius 2 is 2.08 bits per heavy atom. The number of carboxylic acid groups (broad SMARTS) is 1. The van der Waals surface area contributed by atoms with E-state index in [1.165, 1.54) is 6.08 Å². The fraction of sp³-hybridized carbons (Fsp3) is 0. The molecule has 0 radical (unpaired) electrons. The summed E-state index contributed by atoms with van der Waals surface area (Å²) in [5, 5.41) is 8.39. The minimum Gasteiger partial charge on any atom is -0.478 e. The molecule has 1 aromatic carbocycles. The van der Waals surface area contributed by atoms with Crippen molar-refractivity contribution in [3.8, 4) is 0 Å². The van der Waals surface area contributed by atoms with Gasteiger partial charge in [-0.1, -0.05) is 6.07 Å². The van der Waals surface area contributed by atoms with Gasteiger partial charge in [-0.2, -0.15) is 0 Å². The molecule has 13 heavy (non-hydrogen) atoms.